The average molecular weight is 292 g/mol. The Morgan fingerprint density at radius 1 is 0.950 bits per heavy atom. The van der Waals surface area contributed by atoms with Gasteiger partial charge in [0.25, 0.3) is 0 Å². The van der Waals surface area contributed by atoms with Crippen molar-refractivity contribution >= 4 is 12.3 Å². The number of rotatable bonds is 7. The van der Waals surface area contributed by atoms with Crippen molar-refractivity contribution < 1.29 is 37.7 Å². The van der Waals surface area contributed by atoms with E-state index in [4.69, 9.17) is 4.74 Å². The summed E-state index contributed by atoms with van der Waals surface area (Å²) in [4.78, 5) is 22.0. The smallest absolute Gasteiger partial charge is 0.497 e. The lowest BCUT2D eigenvalue weighted by Crippen LogP contribution is -2.09. The third kappa shape index (κ3) is 7.96. The molecule has 0 fully saturated rings. The van der Waals surface area contributed by atoms with Crippen molar-refractivity contribution in [3.63, 3.8) is 0 Å². The van der Waals surface area contributed by atoms with Crippen LogP contribution < -0.4 is 0 Å². The number of carbonyl (C=O) groups is 2. The lowest BCUT2D eigenvalue weighted by Gasteiger charge is -2.07. The van der Waals surface area contributed by atoms with Crippen LogP contribution in [-0.2, 0) is 23.7 Å². The molecule has 20 heavy (non-hydrogen) atoms. The van der Waals surface area contributed by atoms with Crippen LogP contribution in [0.5, 0.6) is 0 Å². The molecule has 0 saturated carbocycles. The molecule has 0 spiro atoms. The second-order valence-corrected chi connectivity index (χ2v) is 2.99. The molecular formula is C12H17FO7. The molecule has 0 aliphatic rings. The molecule has 0 amide bonds. The highest BCUT2D eigenvalue weighted by molar-refractivity contribution is 5.62. The van der Waals surface area contributed by atoms with E-state index in [1.54, 1.807) is 20.8 Å². The maximum atomic E-state index is 13.6. The Balaban J connectivity index is 4.71. The van der Waals surface area contributed by atoms with Crippen molar-refractivity contribution in [1.29, 1.82) is 0 Å². The van der Waals surface area contributed by atoms with Crippen LogP contribution in [0.25, 0.3) is 0 Å². The predicted molar refractivity (Wildman–Crippen MR) is 65.1 cm³/mol. The first-order valence-corrected chi connectivity index (χ1v) is 5.90. The molecule has 0 aromatic rings. The fourth-order valence-corrected chi connectivity index (χ4v) is 0.835. The van der Waals surface area contributed by atoms with Crippen molar-refractivity contribution in [2.24, 2.45) is 0 Å². The molecule has 8 heteroatoms. The van der Waals surface area contributed by atoms with Crippen LogP contribution in [0, 0.1) is 0 Å². The Bertz CT molecular complexity index is 376. The van der Waals surface area contributed by atoms with Crippen molar-refractivity contribution in [3.05, 3.63) is 24.1 Å². The minimum absolute atomic E-state index is 0.0609. The van der Waals surface area contributed by atoms with E-state index in [2.05, 4.69) is 18.9 Å². The molecule has 0 aromatic carbocycles. The summed E-state index contributed by atoms with van der Waals surface area (Å²) in [6.45, 7) is 5.13. The van der Waals surface area contributed by atoms with Crippen molar-refractivity contribution in [2.75, 3.05) is 19.8 Å². The molecule has 0 aliphatic carbocycles. The quantitative estimate of drug-likeness (QED) is 0.405. The highest BCUT2D eigenvalue weighted by Gasteiger charge is 2.15. The Labute approximate surface area is 115 Å². The standard InChI is InChI=1S/C12H17FO7/c1-4-16-8-10(20-12(15)18-6-3)9(13)7-19-11(14)17-5-2/h7-8H,4-6H2,1-3H3. The van der Waals surface area contributed by atoms with Crippen LogP contribution in [0.15, 0.2) is 24.1 Å². The van der Waals surface area contributed by atoms with E-state index in [-0.39, 0.29) is 19.8 Å². The summed E-state index contributed by atoms with van der Waals surface area (Å²) in [6, 6.07) is 0. The van der Waals surface area contributed by atoms with Gasteiger partial charge in [0.2, 0.25) is 11.6 Å². The number of hydrogen-bond acceptors (Lipinski definition) is 7. The second kappa shape index (κ2) is 10.7. The highest BCUT2D eigenvalue weighted by Crippen LogP contribution is 2.15. The van der Waals surface area contributed by atoms with Gasteiger partial charge in [0.15, 0.2) is 0 Å². The van der Waals surface area contributed by atoms with E-state index >= 15 is 0 Å². The molecule has 0 bridgehead atoms. The van der Waals surface area contributed by atoms with Gasteiger partial charge >= 0.3 is 12.3 Å². The number of ether oxygens (including phenoxy) is 5. The van der Waals surface area contributed by atoms with Crippen LogP contribution >= 0.6 is 0 Å². The van der Waals surface area contributed by atoms with E-state index in [0.29, 0.717) is 6.26 Å². The maximum absolute atomic E-state index is 13.6. The minimum atomic E-state index is -1.14. The molecule has 0 atom stereocenters. The van der Waals surface area contributed by atoms with Crippen molar-refractivity contribution in [3.8, 4) is 0 Å². The van der Waals surface area contributed by atoms with Crippen LogP contribution in [0.2, 0.25) is 0 Å². The molecule has 114 valence electrons. The summed E-state index contributed by atoms with van der Waals surface area (Å²) in [5.41, 5.74) is 0. The normalized spacial score (nSPS) is 11.6. The van der Waals surface area contributed by atoms with E-state index in [1.165, 1.54) is 0 Å². The molecular weight excluding hydrogens is 275 g/mol. The molecule has 0 N–H and O–H groups in total. The third-order valence-electron chi connectivity index (χ3n) is 1.57. The first-order chi connectivity index (χ1) is 9.54. The first-order valence-electron chi connectivity index (χ1n) is 5.90. The fourth-order valence-electron chi connectivity index (χ4n) is 0.835. The van der Waals surface area contributed by atoms with Gasteiger partial charge in [0.05, 0.1) is 19.8 Å². The highest BCUT2D eigenvalue weighted by atomic mass is 19.1. The predicted octanol–water partition coefficient (Wildman–Crippen LogP) is 3.02. The Morgan fingerprint density at radius 2 is 1.55 bits per heavy atom. The van der Waals surface area contributed by atoms with Gasteiger partial charge in [-0.05, 0) is 20.8 Å². The molecule has 0 heterocycles. The van der Waals surface area contributed by atoms with E-state index in [1.807, 2.05) is 0 Å². The first kappa shape index (κ1) is 17.8. The number of allylic oxidation sites excluding steroid dienone is 1. The summed E-state index contributed by atoms with van der Waals surface area (Å²) in [6.07, 6.45) is -0.910. The zero-order chi connectivity index (χ0) is 15.4. The summed E-state index contributed by atoms with van der Waals surface area (Å²) in [5, 5.41) is 0. The number of carbonyl (C=O) groups excluding carboxylic acids is 2. The lowest BCUT2D eigenvalue weighted by molar-refractivity contribution is 0.0757. The van der Waals surface area contributed by atoms with Gasteiger partial charge in [0.1, 0.15) is 12.5 Å². The number of hydrogen-bond donors (Lipinski definition) is 0. The van der Waals surface area contributed by atoms with Crippen LogP contribution in [-0.4, -0.2) is 32.1 Å². The summed E-state index contributed by atoms with van der Waals surface area (Å²) < 4.78 is 36.2. The molecule has 0 aromatic heterocycles. The van der Waals surface area contributed by atoms with Gasteiger partial charge in [-0.3, -0.25) is 0 Å². The third-order valence-corrected chi connectivity index (χ3v) is 1.57. The lowest BCUT2D eigenvalue weighted by atomic mass is 10.5. The second-order valence-electron chi connectivity index (χ2n) is 2.99. The van der Waals surface area contributed by atoms with Crippen LogP contribution in [0.3, 0.4) is 0 Å². The zero-order valence-corrected chi connectivity index (χ0v) is 11.5. The van der Waals surface area contributed by atoms with E-state index in [0.717, 1.165) is 6.26 Å². The van der Waals surface area contributed by atoms with Gasteiger partial charge in [-0.2, -0.15) is 4.39 Å². The Hall–Kier alpha value is -2.25. The van der Waals surface area contributed by atoms with Crippen molar-refractivity contribution in [1.82, 2.24) is 0 Å². The largest absolute Gasteiger partial charge is 0.514 e. The zero-order valence-electron chi connectivity index (χ0n) is 11.5. The molecule has 0 rings (SSSR count). The van der Waals surface area contributed by atoms with Gasteiger partial charge < -0.3 is 23.7 Å². The summed E-state index contributed by atoms with van der Waals surface area (Å²) in [7, 11) is 0. The average Bonchev–Trinajstić information content (AvgIpc) is 2.41. The molecule has 7 nitrogen and oxygen atoms in total. The SMILES string of the molecule is CCOC=C(OC(=O)OCC)C(F)=COC(=O)OCC. The molecule has 0 saturated heterocycles. The minimum Gasteiger partial charge on any atom is -0.497 e. The van der Waals surface area contributed by atoms with Crippen LogP contribution in [0.4, 0.5) is 14.0 Å². The summed E-state index contributed by atoms with van der Waals surface area (Å²) >= 11 is 0. The Morgan fingerprint density at radius 3 is 2.10 bits per heavy atom. The monoisotopic (exact) mass is 292 g/mol. The molecule has 0 aliphatic heterocycles. The fraction of sp³-hybridized carbons (Fsp3) is 0.500. The van der Waals surface area contributed by atoms with E-state index in [9.17, 15) is 14.0 Å². The van der Waals surface area contributed by atoms with E-state index < -0.39 is 23.9 Å². The Kier molecular flexibility index (Phi) is 9.45. The van der Waals surface area contributed by atoms with Crippen LogP contribution in [0.1, 0.15) is 20.8 Å². The van der Waals surface area contributed by atoms with Crippen molar-refractivity contribution in [2.45, 2.75) is 20.8 Å². The topological polar surface area (TPSA) is 80.3 Å². The summed E-state index contributed by atoms with van der Waals surface area (Å²) in [5.74, 6) is -1.73. The molecule has 0 unspecified atom stereocenters. The van der Waals surface area contributed by atoms with Gasteiger partial charge in [-0.1, -0.05) is 0 Å². The maximum Gasteiger partial charge on any atom is 0.514 e. The molecule has 0 radical (unpaired) electrons. The van der Waals surface area contributed by atoms with Gasteiger partial charge in [-0.25, -0.2) is 9.59 Å². The van der Waals surface area contributed by atoms with Gasteiger partial charge in [0, 0.05) is 0 Å². The number of halogens is 1. The van der Waals surface area contributed by atoms with Gasteiger partial charge in [-0.15, -0.1) is 0 Å².